The highest BCUT2D eigenvalue weighted by molar-refractivity contribution is 5.43. The first-order valence-corrected chi connectivity index (χ1v) is 4.87. The number of nitrogens with zero attached hydrogens (tertiary/aromatic N) is 4. The molecule has 84 valence electrons. The summed E-state index contributed by atoms with van der Waals surface area (Å²) >= 11 is 0. The minimum Gasteiger partial charge on any atom is -0.397 e. The number of nitrogens with two attached hydrogens (primary N) is 1. The molecule has 6 heteroatoms. The average molecular weight is 219 g/mol. The first-order chi connectivity index (χ1) is 7.58. The number of nitrogen functional groups attached to an aromatic ring is 1. The van der Waals surface area contributed by atoms with Gasteiger partial charge < -0.3 is 10.3 Å². The van der Waals surface area contributed by atoms with Crippen LogP contribution in [0.15, 0.2) is 23.4 Å². The van der Waals surface area contributed by atoms with E-state index in [1.54, 1.807) is 17.9 Å². The van der Waals surface area contributed by atoms with Crippen molar-refractivity contribution in [2.45, 2.75) is 13.5 Å². The molecule has 0 aromatic carbocycles. The zero-order chi connectivity index (χ0) is 11.7. The van der Waals surface area contributed by atoms with Gasteiger partial charge in [-0.2, -0.15) is 5.10 Å². The van der Waals surface area contributed by atoms with Crippen LogP contribution in [0.3, 0.4) is 0 Å². The summed E-state index contributed by atoms with van der Waals surface area (Å²) in [6.45, 7) is 2.18. The van der Waals surface area contributed by atoms with Crippen LogP contribution in [-0.4, -0.2) is 19.3 Å². The molecule has 2 N–H and O–H groups in total. The molecule has 0 atom stereocenters. The van der Waals surface area contributed by atoms with Crippen LogP contribution in [0.25, 0.3) is 0 Å². The van der Waals surface area contributed by atoms with E-state index in [9.17, 15) is 4.79 Å². The molecule has 0 amide bonds. The van der Waals surface area contributed by atoms with Gasteiger partial charge in [-0.3, -0.25) is 9.48 Å². The molecular formula is C10H13N5O. The topological polar surface area (TPSA) is 78.7 Å². The fraction of sp³-hybridized carbons (Fsp3) is 0.300. The largest absolute Gasteiger partial charge is 0.397 e. The number of pyridine rings is 1. The van der Waals surface area contributed by atoms with E-state index in [1.165, 1.54) is 17.0 Å². The van der Waals surface area contributed by atoms with Gasteiger partial charge in [0.05, 0.1) is 12.2 Å². The van der Waals surface area contributed by atoms with E-state index in [0.29, 0.717) is 18.1 Å². The lowest BCUT2D eigenvalue weighted by Gasteiger charge is -2.07. The van der Waals surface area contributed by atoms with Crippen molar-refractivity contribution in [1.29, 1.82) is 0 Å². The predicted octanol–water partition coefficient (Wildman–Crippen LogP) is -0.0843. The standard InChI is InChI=1S/C10H13N5O/c1-7-3-10(16)15(4-8(7)11)5-9-12-6-13-14(9)2/h3-4,6H,5,11H2,1-2H3. The molecule has 0 fully saturated rings. The first kappa shape index (κ1) is 10.4. The average Bonchev–Trinajstić information content (AvgIpc) is 2.61. The third-order valence-corrected chi connectivity index (χ3v) is 2.49. The molecule has 2 rings (SSSR count). The number of aryl methyl sites for hydroxylation is 2. The maximum atomic E-state index is 11.7. The molecule has 2 aromatic heterocycles. The Hall–Kier alpha value is -2.11. The van der Waals surface area contributed by atoms with Crippen LogP contribution in [0.1, 0.15) is 11.4 Å². The van der Waals surface area contributed by atoms with Gasteiger partial charge in [0.25, 0.3) is 5.56 Å². The van der Waals surface area contributed by atoms with E-state index in [4.69, 9.17) is 5.73 Å². The second-order valence-electron chi connectivity index (χ2n) is 3.68. The van der Waals surface area contributed by atoms with Gasteiger partial charge in [0.15, 0.2) is 0 Å². The molecule has 2 heterocycles. The molecule has 0 aliphatic rings. The van der Waals surface area contributed by atoms with E-state index in [2.05, 4.69) is 10.1 Å². The molecule has 0 saturated heterocycles. The molecule has 0 aliphatic heterocycles. The molecular weight excluding hydrogens is 206 g/mol. The molecule has 6 nitrogen and oxygen atoms in total. The SMILES string of the molecule is Cc1cc(=O)n(Cc2ncnn2C)cc1N. The smallest absolute Gasteiger partial charge is 0.251 e. The highest BCUT2D eigenvalue weighted by atomic mass is 16.1. The lowest BCUT2D eigenvalue weighted by molar-refractivity contribution is 0.641. The third-order valence-electron chi connectivity index (χ3n) is 2.49. The van der Waals surface area contributed by atoms with Crippen molar-refractivity contribution < 1.29 is 0 Å². The van der Waals surface area contributed by atoms with Crippen molar-refractivity contribution in [2.24, 2.45) is 7.05 Å². The van der Waals surface area contributed by atoms with Crippen LogP contribution in [0, 0.1) is 6.92 Å². The summed E-state index contributed by atoms with van der Waals surface area (Å²) in [4.78, 5) is 15.7. The summed E-state index contributed by atoms with van der Waals surface area (Å²) in [6, 6.07) is 1.52. The fourth-order valence-electron chi connectivity index (χ4n) is 1.42. The number of aromatic nitrogens is 4. The minimum atomic E-state index is -0.0882. The summed E-state index contributed by atoms with van der Waals surface area (Å²) in [5, 5.41) is 3.94. The summed E-state index contributed by atoms with van der Waals surface area (Å²) in [5.41, 5.74) is 7.06. The van der Waals surface area contributed by atoms with Crippen molar-refractivity contribution in [1.82, 2.24) is 19.3 Å². The second kappa shape index (κ2) is 3.80. The maximum Gasteiger partial charge on any atom is 0.251 e. The quantitative estimate of drug-likeness (QED) is 0.766. The van der Waals surface area contributed by atoms with Gasteiger partial charge in [0.2, 0.25) is 0 Å². The maximum absolute atomic E-state index is 11.7. The Morgan fingerprint density at radius 2 is 2.25 bits per heavy atom. The summed E-state index contributed by atoms with van der Waals surface area (Å²) in [7, 11) is 1.78. The van der Waals surface area contributed by atoms with Gasteiger partial charge in [-0.15, -0.1) is 0 Å². The molecule has 0 saturated carbocycles. The number of hydrogen-bond donors (Lipinski definition) is 1. The lowest BCUT2D eigenvalue weighted by Crippen LogP contribution is -2.22. The fourth-order valence-corrected chi connectivity index (χ4v) is 1.42. The van der Waals surface area contributed by atoms with E-state index < -0.39 is 0 Å². The van der Waals surface area contributed by atoms with Gasteiger partial charge in [-0.05, 0) is 12.5 Å². The Balaban J connectivity index is 2.39. The Morgan fingerprint density at radius 1 is 1.50 bits per heavy atom. The Labute approximate surface area is 92.3 Å². The molecule has 0 radical (unpaired) electrons. The molecule has 0 bridgehead atoms. The van der Waals surface area contributed by atoms with Gasteiger partial charge in [-0.25, -0.2) is 4.98 Å². The Morgan fingerprint density at radius 3 is 2.88 bits per heavy atom. The van der Waals surface area contributed by atoms with Crippen molar-refractivity contribution in [3.63, 3.8) is 0 Å². The van der Waals surface area contributed by atoms with Crippen LogP contribution in [0.2, 0.25) is 0 Å². The Kier molecular flexibility index (Phi) is 2.47. The monoisotopic (exact) mass is 219 g/mol. The van der Waals surface area contributed by atoms with Crippen LogP contribution in [0.4, 0.5) is 5.69 Å². The number of rotatable bonds is 2. The van der Waals surface area contributed by atoms with Crippen LogP contribution >= 0.6 is 0 Å². The number of hydrogen-bond acceptors (Lipinski definition) is 4. The van der Waals surface area contributed by atoms with Crippen molar-refractivity contribution in [2.75, 3.05) is 5.73 Å². The second-order valence-corrected chi connectivity index (χ2v) is 3.68. The highest BCUT2D eigenvalue weighted by Gasteiger charge is 2.05. The first-order valence-electron chi connectivity index (χ1n) is 4.87. The molecule has 2 aromatic rings. The van der Waals surface area contributed by atoms with Crippen LogP contribution in [-0.2, 0) is 13.6 Å². The Bertz CT molecular complexity index is 569. The minimum absolute atomic E-state index is 0.0882. The van der Waals surface area contributed by atoms with E-state index in [0.717, 1.165) is 5.56 Å². The molecule has 0 spiro atoms. The summed E-state index contributed by atoms with van der Waals surface area (Å²) < 4.78 is 3.15. The zero-order valence-electron chi connectivity index (χ0n) is 9.21. The van der Waals surface area contributed by atoms with Gasteiger partial charge >= 0.3 is 0 Å². The van der Waals surface area contributed by atoms with Crippen molar-refractivity contribution >= 4 is 5.69 Å². The third kappa shape index (κ3) is 1.81. The van der Waals surface area contributed by atoms with Crippen LogP contribution in [0.5, 0.6) is 0 Å². The lowest BCUT2D eigenvalue weighted by atomic mass is 10.2. The van der Waals surface area contributed by atoms with E-state index in [-0.39, 0.29) is 5.56 Å². The van der Waals surface area contributed by atoms with Crippen molar-refractivity contribution in [3.8, 4) is 0 Å². The van der Waals surface area contributed by atoms with Gasteiger partial charge in [-0.1, -0.05) is 0 Å². The zero-order valence-corrected chi connectivity index (χ0v) is 9.21. The summed E-state index contributed by atoms with van der Waals surface area (Å²) in [5.74, 6) is 0.713. The van der Waals surface area contributed by atoms with E-state index in [1.807, 2.05) is 6.92 Å². The van der Waals surface area contributed by atoms with E-state index >= 15 is 0 Å². The molecule has 16 heavy (non-hydrogen) atoms. The molecule has 0 unspecified atom stereocenters. The highest BCUT2D eigenvalue weighted by Crippen LogP contribution is 2.06. The predicted molar refractivity (Wildman–Crippen MR) is 60.0 cm³/mol. The number of anilines is 1. The van der Waals surface area contributed by atoms with Gasteiger partial charge in [0, 0.05) is 19.3 Å². The molecule has 0 aliphatic carbocycles. The van der Waals surface area contributed by atoms with Crippen LogP contribution < -0.4 is 11.3 Å². The normalized spacial score (nSPS) is 10.6. The van der Waals surface area contributed by atoms with Gasteiger partial charge in [0.1, 0.15) is 12.2 Å². The summed E-state index contributed by atoms with van der Waals surface area (Å²) in [6.07, 6.45) is 3.09. The van der Waals surface area contributed by atoms with Crippen molar-refractivity contribution in [3.05, 3.63) is 40.3 Å².